The Morgan fingerprint density at radius 3 is 2.66 bits per heavy atom. The molecule has 0 radical (unpaired) electrons. The van der Waals surface area contributed by atoms with E-state index in [-0.39, 0.29) is 10.9 Å². The summed E-state index contributed by atoms with van der Waals surface area (Å²) < 4.78 is 1.69. The molecule has 3 aliphatic rings. The average Bonchev–Trinajstić information content (AvgIpc) is 3.42. The van der Waals surface area contributed by atoms with Crippen molar-refractivity contribution >= 4 is 40.3 Å². The van der Waals surface area contributed by atoms with Crippen molar-refractivity contribution in [2.24, 2.45) is 11.8 Å². The molecule has 2 N–H and O–H groups in total. The molecule has 5 rings (SSSR count). The van der Waals surface area contributed by atoms with Gasteiger partial charge in [0, 0.05) is 51.2 Å². The zero-order valence-electron chi connectivity index (χ0n) is 18.2. The van der Waals surface area contributed by atoms with Crippen molar-refractivity contribution in [3.63, 3.8) is 0 Å². The summed E-state index contributed by atoms with van der Waals surface area (Å²) in [5, 5.41) is 14.0. The van der Waals surface area contributed by atoms with Crippen LogP contribution < -0.4 is 15.6 Å². The van der Waals surface area contributed by atoms with E-state index in [0.29, 0.717) is 24.2 Å². The Morgan fingerprint density at radius 1 is 1.25 bits per heavy atom. The van der Waals surface area contributed by atoms with Crippen LogP contribution in [0.15, 0.2) is 17.2 Å². The maximum atomic E-state index is 12.5. The van der Waals surface area contributed by atoms with Crippen molar-refractivity contribution in [1.29, 1.82) is 0 Å². The summed E-state index contributed by atoms with van der Waals surface area (Å²) in [6.45, 7) is 5.42. The summed E-state index contributed by atoms with van der Waals surface area (Å²) >= 11 is 5.70. The molecule has 3 heterocycles. The first-order chi connectivity index (χ1) is 15.4. The zero-order valence-corrected chi connectivity index (χ0v) is 19.0. The van der Waals surface area contributed by atoms with Gasteiger partial charge in [0.2, 0.25) is 11.4 Å². The van der Waals surface area contributed by atoms with E-state index in [9.17, 15) is 14.7 Å². The van der Waals surface area contributed by atoms with Crippen molar-refractivity contribution in [2.45, 2.75) is 45.2 Å². The van der Waals surface area contributed by atoms with Crippen molar-refractivity contribution in [3.05, 3.63) is 28.2 Å². The standard InChI is InChI=1S/C22H28N6O3S/c1-2-26-12-16(20(30)31)18(29)15-11-23-21(25-19(15)26)27-5-7-28(8-6-27)22(32)24-17-10-13-3-4-14(17)9-13/h11-14,17H,2-10H2,1H3,(H,24,32)(H,30,31)/t13-,14-,17-/m1/s1. The maximum Gasteiger partial charge on any atom is 0.341 e. The predicted octanol–water partition coefficient (Wildman–Crippen LogP) is 1.69. The summed E-state index contributed by atoms with van der Waals surface area (Å²) in [5.74, 6) is 0.973. The number of carbonyl (C=O) groups is 1. The fourth-order valence-corrected chi connectivity index (χ4v) is 5.82. The van der Waals surface area contributed by atoms with Gasteiger partial charge in [-0.15, -0.1) is 0 Å². The lowest BCUT2D eigenvalue weighted by atomic mass is 9.95. The fourth-order valence-electron chi connectivity index (χ4n) is 5.49. The second kappa shape index (κ2) is 8.31. The van der Waals surface area contributed by atoms with Gasteiger partial charge in [-0.3, -0.25) is 4.79 Å². The van der Waals surface area contributed by atoms with E-state index >= 15 is 0 Å². The third-order valence-electron chi connectivity index (χ3n) is 7.27. The number of aromatic nitrogens is 3. The van der Waals surface area contributed by atoms with Crippen LogP contribution in [0, 0.1) is 11.8 Å². The Hall–Kier alpha value is -2.75. The number of thiocarbonyl (C=S) groups is 1. The lowest BCUT2D eigenvalue weighted by molar-refractivity contribution is 0.0695. The molecule has 0 unspecified atom stereocenters. The Kier molecular flexibility index (Phi) is 5.48. The minimum atomic E-state index is -1.24. The molecule has 2 saturated carbocycles. The Morgan fingerprint density at radius 2 is 2.03 bits per heavy atom. The second-order valence-corrected chi connectivity index (χ2v) is 9.46. The number of aryl methyl sites for hydroxylation is 1. The van der Waals surface area contributed by atoms with Gasteiger partial charge in [-0.05, 0) is 50.2 Å². The first kappa shape index (κ1) is 21.1. The number of carboxylic acid groups (broad SMARTS) is 1. The smallest absolute Gasteiger partial charge is 0.341 e. The van der Waals surface area contributed by atoms with Crippen LogP contribution in [0.2, 0.25) is 0 Å². The Bertz CT molecular complexity index is 1130. The van der Waals surface area contributed by atoms with Crippen molar-refractivity contribution in [3.8, 4) is 0 Å². The first-order valence-electron chi connectivity index (χ1n) is 11.4. The predicted molar refractivity (Wildman–Crippen MR) is 125 cm³/mol. The highest BCUT2D eigenvalue weighted by Gasteiger charge is 2.40. The monoisotopic (exact) mass is 456 g/mol. The van der Waals surface area contributed by atoms with E-state index < -0.39 is 11.4 Å². The van der Waals surface area contributed by atoms with Crippen molar-refractivity contribution in [1.82, 2.24) is 24.8 Å². The number of rotatable bonds is 4. The van der Waals surface area contributed by atoms with Gasteiger partial charge in [0.25, 0.3) is 0 Å². The second-order valence-electron chi connectivity index (χ2n) is 9.08. The van der Waals surface area contributed by atoms with Gasteiger partial charge in [-0.25, -0.2) is 9.78 Å². The summed E-state index contributed by atoms with van der Waals surface area (Å²) in [6, 6.07) is 0.532. The number of piperazine rings is 1. The van der Waals surface area contributed by atoms with E-state index in [0.717, 1.165) is 43.1 Å². The third kappa shape index (κ3) is 3.70. The van der Waals surface area contributed by atoms with Crippen LogP contribution in [0.1, 0.15) is 43.0 Å². The summed E-state index contributed by atoms with van der Waals surface area (Å²) in [6.07, 6.45) is 8.12. The van der Waals surface area contributed by atoms with E-state index in [2.05, 4.69) is 25.1 Å². The number of aromatic carboxylic acids is 1. The minimum absolute atomic E-state index is 0.227. The highest BCUT2D eigenvalue weighted by Crippen LogP contribution is 2.44. The van der Waals surface area contributed by atoms with E-state index in [4.69, 9.17) is 12.2 Å². The quantitative estimate of drug-likeness (QED) is 0.665. The summed E-state index contributed by atoms with van der Waals surface area (Å²) in [4.78, 5) is 37.2. The third-order valence-corrected chi connectivity index (χ3v) is 7.65. The highest BCUT2D eigenvalue weighted by atomic mass is 32.1. The molecule has 0 spiro atoms. The van der Waals surface area contributed by atoms with E-state index in [1.807, 2.05) is 6.92 Å². The number of nitrogens with one attached hydrogen (secondary N) is 1. The van der Waals surface area contributed by atoms with Crippen LogP contribution in [0.5, 0.6) is 0 Å². The molecular weight excluding hydrogens is 428 g/mol. The Balaban J connectivity index is 1.28. The number of carboxylic acids is 1. The zero-order chi connectivity index (χ0) is 22.4. The van der Waals surface area contributed by atoms with Crippen LogP contribution in [0.3, 0.4) is 0 Å². The molecule has 0 aromatic carbocycles. The SMILES string of the molecule is CCn1cc(C(=O)O)c(=O)c2cnc(N3CCN(C(=S)N[C@@H]4C[C@@H]5CC[C@@H]4C5)CC3)nc21. The molecule has 1 aliphatic heterocycles. The molecular formula is C22H28N6O3S. The fraction of sp³-hybridized carbons (Fsp3) is 0.591. The molecule has 10 heteroatoms. The molecule has 1 saturated heterocycles. The van der Waals surface area contributed by atoms with E-state index in [1.165, 1.54) is 38.1 Å². The minimum Gasteiger partial charge on any atom is -0.477 e. The molecule has 2 bridgehead atoms. The molecule has 0 amide bonds. The molecule has 2 aliphatic carbocycles. The van der Waals surface area contributed by atoms with Gasteiger partial charge in [-0.2, -0.15) is 4.98 Å². The van der Waals surface area contributed by atoms with Crippen LogP contribution in [-0.4, -0.2) is 67.8 Å². The number of hydrogen-bond donors (Lipinski definition) is 2. The van der Waals surface area contributed by atoms with E-state index in [1.54, 1.807) is 4.57 Å². The molecule has 9 nitrogen and oxygen atoms in total. The van der Waals surface area contributed by atoms with Gasteiger partial charge in [0.1, 0.15) is 11.2 Å². The van der Waals surface area contributed by atoms with Crippen LogP contribution in [0.4, 0.5) is 5.95 Å². The number of pyridine rings is 1. The lowest BCUT2D eigenvalue weighted by Gasteiger charge is -2.37. The van der Waals surface area contributed by atoms with Gasteiger partial charge in [0.15, 0.2) is 5.11 Å². The molecule has 2 aromatic rings. The average molecular weight is 457 g/mol. The number of anilines is 1. The van der Waals surface area contributed by atoms with Gasteiger partial charge >= 0.3 is 5.97 Å². The number of hydrogen-bond acceptors (Lipinski definition) is 6. The Labute approximate surface area is 191 Å². The van der Waals surface area contributed by atoms with Crippen LogP contribution in [0.25, 0.3) is 11.0 Å². The van der Waals surface area contributed by atoms with Gasteiger partial charge < -0.3 is 24.8 Å². The van der Waals surface area contributed by atoms with Gasteiger partial charge in [0.05, 0.1) is 5.39 Å². The summed E-state index contributed by atoms with van der Waals surface area (Å²) in [7, 11) is 0. The number of nitrogens with zero attached hydrogens (tertiary/aromatic N) is 5. The largest absolute Gasteiger partial charge is 0.477 e. The maximum absolute atomic E-state index is 12.5. The normalized spacial score (nSPS) is 24.8. The van der Waals surface area contributed by atoms with Crippen molar-refractivity contribution in [2.75, 3.05) is 31.1 Å². The molecule has 2 aromatic heterocycles. The molecule has 170 valence electrons. The topological polar surface area (TPSA) is 104 Å². The molecule has 32 heavy (non-hydrogen) atoms. The van der Waals surface area contributed by atoms with Gasteiger partial charge in [-0.1, -0.05) is 6.42 Å². The highest BCUT2D eigenvalue weighted by molar-refractivity contribution is 7.80. The molecule has 3 fully saturated rings. The number of fused-ring (bicyclic) bond motifs is 3. The van der Waals surface area contributed by atoms with Crippen LogP contribution >= 0.6 is 12.2 Å². The lowest BCUT2D eigenvalue weighted by Crippen LogP contribution is -2.54. The summed E-state index contributed by atoms with van der Waals surface area (Å²) in [5.41, 5.74) is -0.352. The molecule has 3 atom stereocenters. The van der Waals surface area contributed by atoms with Crippen molar-refractivity contribution < 1.29 is 9.90 Å². The first-order valence-corrected chi connectivity index (χ1v) is 11.8. The van der Waals surface area contributed by atoms with Crippen LogP contribution in [-0.2, 0) is 6.54 Å².